The summed E-state index contributed by atoms with van der Waals surface area (Å²) in [6, 6.07) is 10.3. The number of hydrogen-bond acceptors (Lipinski definition) is 1. The van der Waals surface area contributed by atoms with Crippen molar-refractivity contribution in [1.82, 2.24) is 5.32 Å². The lowest BCUT2D eigenvalue weighted by Crippen LogP contribution is -2.11. The number of benzene rings is 1. The molecule has 0 saturated heterocycles. The van der Waals surface area contributed by atoms with Crippen LogP contribution in [-0.4, -0.2) is 13.0 Å². The van der Waals surface area contributed by atoms with E-state index in [-0.39, 0.29) is 5.91 Å². The zero-order chi connectivity index (χ0) is 9.40. The van der Waals surface area contributed by atoms with Gasteiger partial charge in [-0.2, -0.15) is 0 Å². The first kappa shape index (κ1) is 10.7. The van der Waals surface area contributed by atoms with E-state index < -0.39 is 0 Å². The number of aryl methyl sites for hydroxylation is 1. The Kier molecular flexibility index (Phi) is 5.70. The first-order valence-electron chi connectivity index (χ1n) is 3.86. The maximum atomic E-state index is 9.70. The topological polar surface area (TPSA) is 29.1 Å². The van der Waals surface area contributed by atoms with Gasteiger partial charge in [0.1, 0.15) is 0 Å². The molecule has 0 aliphatic carbocycles. The maximum absolute atomic E-state index is 9.70. The number of amides is 1. The van der Waals surface area contributed by atoms with E-state index in [1.54, 1.807) is 7.05 Å². The minimum atomic E-state index is 0.00463. The van der Waals surface area contributed by atoms with E-state index in [2.05, 4.69) is 24.4 Å². The van der Waals surface area contributed by atoms with Crippen molar-refractivity contribution >= 4 is 5.91 Å². The number of hydrogen-bond donors (Lipinski definition) is 1. The summed E-state index contributed by atoms with van der Waals surface area (Å²) in [5.74, 6) is 0.00463. The van der Waals surface area contributed by atoms with E-state index in [4.69, 9.17) is 0 Å². The van der Waals surface area contributed by atoms with Crippen LogP contribution in [0.1, 0.15) is 12.5 Å². The van der Waals surface area contributed by atoms with Crippen molar-refractivity contribution in [2.75, 3.05) is 7.05 Å². The van der Waals surface area contributed by atoms with Crippen LogP contribution in [0.4, 0.5) is 0 Å². The third-order valence-electron chi connectivity index (χ3n) is 1.29. The Morgan fingerprint density at radius 1 is 1.25 bits per heavy atom. The van der Waals surface area contributed by atoms with Crippen LogP contribution in [-0.2, 0) is 4.79 Å². The van der Waals surface area contributed by atoms with Crippen molar-refractivity contribution in [3.63, 3.8) is 0 Å². The van der Waals surface area contributed by atoms with Crippen LogP contribution in [0.15, 0.2) is 30.3 Å². The van der Waals surface area contributed by atoms with Gasteiger partial charge in [0.15, 0.2) is 0 Å². The second-order valence-electron chi connectivity index (χ2n) is 2.46. The highest BCUT2D eigenvalue weighted by Gasteiger charge is 1.73. The van der Waals surface area contributed by atoms with E-state index in [1.807, 2.05) is 18.2 Å². The molecule has 1 rings (SSSR count). The van der Waals surface area contributed by atoms with E-state index in [0.29, 0.717) is 0 Å². The van der Waals surface area contributed by atoms with Crippen LogP contribution in [0.2, 0.25) is 0 Å². The fraction of sp³-hybridized carbons (Fsp3) is 0.300. The van der Waals surface area contributed by atoms with Crippen LogP contribution >= 0.6 is 0 Å². The van der Waals surface area contributed by atoms with Crippen LogP contribution in [0.25, 0.3) is 0 Å². The molecule has 1 aromatic carbocycles. The molecule has 2 nitrogen and oxygen atoms in total. The molecule has 2 heteroatoms. The predicted octanol–water partition coefficient (Wildman–Crippen LogP) is 1.75. The lowest BCUT2D eigenvalue weighted by atomic mass is 10.2. The van der Waals surface area contributed by atoms with Gasteiger partial charge >= 0.3 is 0 Å². The smallest absolute Gasteiger partial charge is 0.216 e. The molecule has 1 amide bonds. The first-order valence-corrected chi connectivity index (χ1v) is 3.86. The second kappa shape index (κ2) is 6.40. The Morgan fingerprint density at radius 2 is 1.67 bits per heavy atom. The van der Waals surface area contributed by atoms with Crippen LogP contribution in [0.5, 0.6) is 0 Å². The molecular formula is C10H15NO. The number of carbonyl (C=O) groups is 1. The molecule has 0 spiro atoms. The van der Waals surface area contributed by atoms with Gasteiger partial charge in [-0.25, -0.2) is 0 Å². The van der Waals surface area contributed by atoms with Gasteiger partial charge in [0.05, 0.1) is 0 Å². The number of carbonyl (C=O) groups excluding carboxylic acids is 1. The van der Waals surface area contributed by atoms with E-state index in [9.17, 15) is 4.79 Å². The minimum Gasteiger partial charge on any atom is -0.359 e. The van der Waals surface area contributed by atoms with Gasteiger partial charge in [0, 0.05) is 14.0 Å². The summed E-state index contributed by atoms with van der Waals surface area (Å²) in [6.45, 7) is 3.56. The Hall–Kier alpha value is -1.31. The van der Waals surface area contributed by atoms with Crippen molar-refractivity contribution in [2.45, 2.75) is 13.8 Å². The van der Waals surface area contributed by atoms with Gasteiger partial charge in [-0.15, -0.1) is 0 Å². The molecule has 1 aromatic rings. The molecule has 0 heterocycles. The van der Waals surface area contributed by atoms with Gasteiger partial charge in [-0.05, 0) is 6.92 Å². The van der Waals surface area contributed by atoms with Gasteiger partial charge < -0.3 is 5.32 Å². The lowest BCUT2D eigenvalue weighted by molar-refractivity contribution is -0.118. The van der Waals surface area contributed by atoms with Crippen molar-refractivity contribution in [2.24, 2.45) is 0 Å². The summed E-state index contributed by atoms with van der Waals surface area (Å²) in [6.07, 6.45) is 0. The van der Waals surface area contributed by atoms with Crippen molar-refractivity contribution in [3.05, 3.63) is 35.9 Å². The largest absolute Gasteiger partial charge is 0.359 e. The standard InChI is InChI=1S/C7H8.C3H7NO/c1-7-5-3-2-4-6-7;1-3(5)4-2/h2-6H,1H3;1-2H3,(H,4,5). The second-order valence-corrected chi connectivity index (χ2v) is 2.46. The molecule has 0 unspecified atom stereocenters. The van der Waals surface area contributed by atoms with Crippen molar-refractivity contribution in [1.29, 1.82) is 0 Å². The molecule has 0 aliphatic heterocycles. The zero-order valence-corrected chi connectivity index (χ0v) is 7.79. The molecule has 0 atom stereocenters. The normalized spacial score (nSPS) is 7.92. The summed E-state index contributed by atoms with van der Waals surface area (Å²) in [4.78, 5) is 9.70. The Morgan fingerprint density at radius 3 is 1.83 bits per heavy atom. The summed E-state index contributed by atoms with van der Waals surface area (Å²) >= 11 is 0. The Balaban J connectivity index is 0.000000217. The monoisotopic (exact) mass is 165 g/mol. The lowest BCUT2D eigenvalue weighted by Gasteiger charge is -1.82. The molecular weight excluding hydrogens is 150 g/mol. The maximum Gasteiger partial charge on any atom is 0.216 e. The third kappa shape index (κ3) is 6.81. The molecule has 0 fully saturated rings. The highest BCUT2D eigenvalue weighted by molar-refractivity contribution is 5.72. The van der Waals surface area contributed by atoms with Crippen LogP contribution in [0.3, 0.4) is 0 Å². The molecule has 0 aromatic heterocycles. The zero-order valence-electron chi connectivity index (χ0n) is 7.79. The van der Waals surface area contributed by atoms with E-state index in [1.165, 1.54) is 12.5 Å². The van der Waals surface area contributed by atoms with Gasteiger partial charge in [0.2, 0.25) is 5.91 Å². The first-order chi connectivity index (χ1) is 5.66. The third-order valence-corrected chi connectivity index (χ3v) is 1.29. The number of nitrogens with one attached hydrogen (secondary N) is 1. The van der Waals surface area contributed by atoms with Gasteiger partial charge in [-0.3, -0.25) is 4.79 Å². The fourth-order valence-corrected chi connectivity index (χ4v) is 0.534. The average Bonchev–Trinajstić information content (AvgIpc) is 2.07. The summed E-state index contributed by atoms with van der Waals surface area (Å²) < 4.78 is 0. The molecule has 0 saturated carbocycles. The molecule has 0 radical (unpaired) electrons. The molecule has 66 valence electrons. The van der Waals surface area contributed by atoms with E-state index in [0.717, 1.165) is 0 Å². The highest BCUT2D eigenvalue weighted by Crippen LogP contribution is 1.92. The number of rotatable bonds is 0. The summed E-state index contributed by atoms with van der Waals surface area (Å²) in [7, 11) is 1.60. The molecule has 0 bridgehead atoms. The molecule has 1 N–H and O–H groups in total. The van der Waals surface area contributed by atoms with Crippen LogP contribution in [0, 0.1) is 6.92 Å². The molecule has 12 heavy (non-hydrogen) atoms. The summed E-state index contributed by atoms with van der Waals surface area (Å²) in [5.41, 5.74) is 1.32. The predicted molar refractivity (Wildman–Crippen MR) is 50.9 cm³/mol. The van der Waals surface area contributed by atoms with Crippen LogP contribution < -0.4 is 5.32 Å². The fourth-order valence-electron chi connectivity index (χ4n) is 0.534. The average molecular weight is 165 g/mol. The van der Waals surface area contributed by atoms with Crippen molar-refractivity contribution < 1.29 is 4.79 Å². The Bertz CT molecular complexity index is 219. The van der Waals surface area contributed by atoms with Gasteiger partial charge in [-0.1, -0.05) is 35.9 Å². The van der Waals surface area contributed by atoms with Crippen molar-refractivity contribution in [3.8, 4) is 0 Å². The summed E-state index contributed by atoms with van der Waals surface area (Å²) in [5, 5.41) is 2.39. The highest BCUT2D eigenvalue weighted by atomic mass is 16.1. The SMILES string of the molecule is CNC(C)=O.Cc1ccccc1. The molecule has 0 aliphatic rings. The minimum absolute atomic E-state index is 0.00463. The quantitative estimate of drug-likeness (QED) is 0.623. The van der Waals surface area contributed by atoms with E-state index >= 15 is 0 Å². The van der Waals surface area contributed by atoms with Gasteiger partial charge in [0.25, 0.3) is 0 Å². The Labute approximate surface area is 73.6 Å².